The number of benzene rings is 2. The van der Waals surface area contributed by atoms with Crippen LogP contribution in [0.4, 0.5) is 0 Å². The quantitative estimate of drug-likeness (QED) is 0.0656. The smallest absolute Gasteiger partial charge is 0.122 e. The monoisotopic (exact) mass is 985 g/mol. The van der Waals surface area contributed by atoms with Crippen molar-refractivity contribution in [1.29, 1.82) is 0 Å². The molecule has 0 aromatic heterocycles. The molecule has 0 saturated heterocycles. The minimum Gasteiger partial charge on any atom is -0.507 e. The van der Waals surface area contributed by atoms with Gasteiger partial charge in [0.2, 0.25) is 0 Å². The normalized spacial score (nSPS) is 13.0. The van der Waals surface area contributed by atoms with Crippen LogP contribution in [-0.4, -0.2) is 10.2 Å². The Kier molecular flexibility index (Phi) is 31.1. The second kappa shape index (κ2) is 33.9. The van der Waals surface area contributed by atoms with Crippen molar-refractivity contribution >= 4 is 0 Å². The van der Waals surface area contributed by atoms with Crippen molar-refractivity contribution in [3.8, 4) is 11.5 Å². The number of aromatic hydroxyl groups is 2. The fraction of sp³-hybridized carbons (Fsp3) is 0.826. The molecule has 0 fully saturated rings. The van der Waals surface area contributed by atoms with E-state index in [0.717, 1.165) is 35.1 Å². The van der Waals surface area contributed by atoms with Crippen molar-refractivity contribution in [1.82, 2.24) is 0 Å². The van der Waals surface area contributed by atoms with Gasteiger partial charge in [0, 0.05) is 0 Å². The number of phenols is 2. The molecule has 0 aliphatic heterocycles. The fourth-order valence-corrected chi connectivity index (χ4v) is 11.6. The van der Waals surface area contributed by atoms with E-state index in [1.165, 1.54) is 229 Å². The summed E-state index contributed by atoms with van der Waals surface area (Å²) in [5.74, 6) is 1.46. The van der Waals surface area contributed by atoms with Gasteiger partial charge in [-0.25, -0.2) is 0 Å². The third-order valence-corrected chi connectivity index (χ3v) is 16.7. The number of unbranched alkanes of at least 4 members (excludes halogenated alkanes) is 30. The zero-order valence-electron chi connectivity index (χ0n) is 50.7. The average Bonchev–Trinajstić information content (AvgIpc) is 3.27. The number of rotatable bonds is 39. The predicted octanol–water partition coefficient (Wildman–Crippen LogP) is 23.0. The highest BCUT2D eigenvalue weighted by molar-refractivity contribution is 5.51. The second-order valence-electron chi connectivity index (χ2n) is 28.0. The molecule has 71 heavy (non-hydrogen) atoms. The number of hydrogen-bond acceptors (Lipinski definition) is 2. The summed E-state index contributed by atoms with van der Waals surface area (Å²) in [5.41, 5.74) is 6.29. The molecule has 0 heterocycles. The van der Waals surface area contributed by atoms with Crippen LogP contribution >= 0.6 is 0 Å². The van der Waals surface area contributed by atoms with E-state index in [9.17, 15) is 10.2 Å². The summed E-state index contributed by atoms with van der Waals surface area (Å²) in [7, 11) is 0. The Morgan fingerprint density at radius 2 is 0.535 bits per heavy atom. The highest BCUT2D eigenvalue weighted by Gasteiger charge is 2.38. The van der Waals surface area contributed by atoms with E-state index < -0.39 is 0 Å². The standard InChI is InChI=1S/C69H124O2/c1-16-18-20-22-24-26-28-30-32-34-36-38-40-42-44-46-48-58(49-47-45-43-41-39-37-35-33-31-29-27-25-23-21-19-17-2)69(15,54-56-50-59(65(3,4)5)52-61(63(56)70)67(9,10)11)55-57-51-60(66(6,7)8)53-62(64(57)71)68(12,13)14/h50-53,58,70-71H,16-49,54-55H2,1-15H3. The van der Waals surface area contributed by atoms with Gasteiger partial charge in [0.25, 0.3) is 0 Å². The van der Waals surface area contributed by atoms with Crippen molar-refractivity contribution in [3.63, 3.8) is 0 Å². The third kappa shape index (κ3) is 26.4. The molecule has 0 radical (unpaired) electrons. The molecule has 2 N–H and O–H groups in total. The average molecular weight is 986 g/mol. The Hall–Kier alpha value is -1.96. The highest BCUT2D eigenvalue weighted by atomic mass is 16.3. The molecular weight excluding hydrogens is 861 g/mol. The van der Waals surface area contributed by atoms with Crippen LogP contribution in [0.15, 0.2) is 24.3 Å². The molecule has 0 atom stereocenters. The van der Waals surface area contributed by atoms with Crippen LogP contribution < -0.4 is 0 Å². The third-order valence-electron chi connectivity index (χ3n) is 16.7. The van der Waals surface area contributed by atoms with E-state index in [4.69, 9.17) is 0 Å². The predicted molar refractivity (Wildman–Crippen MR) is 318 cm³/mol. The molecule has 2 aromatic rings. The largest absolute Gasteiger partial charge is 0.507 e. The van der Waals surface area contributed by atoms with E-state index in [1.54, 1.807) is 0 Å². The van der Waals surface area contributed by atoms with E-state index in [1.807, 2.05) is 0 Å². The molecule has 0 spiro atoms. The van der Waals surface area contributed by atoms with Crippen LogP contribution in [-0.2, 0) is 34.5 Å². The maximum absolute atomic E-state index is 12.4. The van der Waals surface area contributed by atoms with Gasteiger partial charge in [-0.15, -0.1) is 0 Å². The molecule has 0 aliphatic rings. The topological polar surface area (TPSA) is 40.5 Å². The van der Waals surface area contributed by atoms with Gasteiger partial charge in [0.15, 0.2) is 0 Å². The van der Waals surface area contributed by atoms with Gasteiger partial charge in [-0.05, 0) is 92.1 Å². The van der Waals surface area contributed by atoms with Crippen LogP contribution in [0.5, 0.6) is 11.5 Å². The molecule has 2 aromatic carbocycles. The Morgan fingerprint density at radius 3 is 0.746 bits per heavy atom. The van der Waals surface area contributed by atoms with Crippen molar-refractivity contribution in [3.05, 3.63) is 57.6 Å². The zero-order valence-corrected chi connectivity index (χ0v) is 50.7. The van der Waals surface area contributed by atoms with Crippen LogP contribution in [0.1, 0.15) is 356 Å². The molecule has 0 saturated carbocycles. The maximum atomic E-state index is 12.4. The first-order valence-electron chi connectivity index (χ1n) is 31.2. The summed E-state index contributed by atoms with van der Waals surface area (Å²) < 4.78 is 0. The van der Waals surface area contributed by atoms with Crippen LogP contribution in [0, 0.1) is 11.3 Å². The first-order chi connectivity index (χ1) is 33.5. The van der Waals surface area contributed by atoms with Crippen molar-refractivity contribution < 1.29 is 10.2 Å². The Bertz CT molecular complexity index is 1550. The van der Waals surface area contributed by atoms with Crippen molar-refractivity contribution in [2.24, 2.45) is 11.3 Å². The maximum Gasteiger partial charge on any atom is 0.122 e. The lowest BCUT2D eigenvalue weighted by Crippen LogP contribution is -2.33. The SMILES string of the molecule is CCCCCCCCCCCCCCCCCCC(CCCCCCCCCCCCCCCCCC)C(C)(Cc1cc(C(C)(C)C)cc(C(C)(C)C)c1O)Cc1cc(C(C)(C)C)cc(C(C)(C)C)c1O. The summed E-state index contributed by atoms with van der Waals surface area (Å²) in [5, 5.41) is 24.8. The Morgan fingerprint density at radius 1 is 0.310 bits per heavy atom. The molecule has 412 valence electrons. The lowest BCUT2D eigenvalue weighted by atomic mass is 9.64. The molecule has 0 bridgehead atoms. The summed E-state index contributed by atoms with van der Waals surface area (Å²) in [6.45, 7) is 34.6. The van der Waals surface area contributed by atoms with Gasteiger partial charge in [-0.3, -0.25) is 0 Å². The summed E-state index contributed by atoms with van der Waals surface area (Å²) in [4.78, 5) is 0. The second-order valence-corrected chi connectivity index (χ2v) is 28.0. The van der Waals surface area contributed by atoms with E-state index >= 15 is 0 Å². The van der Waals surface area contributed by atoms with E-state index in [-0.39, 0.29) is 27.1 Å². The van der Waals surface area contributed by atoms with E-state index in [0.29, 0.717) is 17.4 Å². The summed E-state index contributed by atoms with van der Waals surface area (Å²) in [6.07, 6.45) is 48.6. The summed E-state index contributed by atoms with van der Waals surface area (Å²) in [6, 6.07) is 9.29. The van der Waals surface area contributed by atoms with Crippen LogP contribution in [0.25, 0.3) is 0 Å². The van der Waals surface area contributed by atoms with Crippen LogP contribution in [0.3, 0.4) is 0 Å². The number of phenolic OH excluding ortho intramolecular Hbond substituents is 2. The minimum atomic E-state index is -0.183. The first kappa shape index (κ1) is 65.2. The van der Waals surface area contributed by atoms with Crippen molar-refractivity contribution in [2.75, 3.05) is 0 Å². The molecule has 2 rings (SSSR count). The van der Waals surface area contributed by atoms with Crippen molar-refractivity contribution in [2.45, 2.75) is 357 Å². The molecule has 0 aliphatic carbocycles. The number of hydrogen-bond donors (Lipinski definition) is 2. The van der Waals surface area contributed by atoms with Gasteiger partial charge >= 0.3 is 0 Å². The lowest BCUT2D eigenvalue weighted by Gasteiger charge is -2.41. The van der Waals surface area contributed by atoms with Gasteiger partial charge in [0.05, 0.1) is 0 Å². The molecule has 0 unspecified atom stereocenters. The summed E-state index contributed by atoms with van der Waals surface area (Å²) >= 11 is 0. The molecule has 0 amide bonds. The first-order valence-corrected chi connectivity index (χ1v) is 31.2. The minimum absolute atomic E-state index is 0.0414. The molecule has 2 heteroatoms. The Labute approximate surface area is 445 Å². The zero-order chi connectivity index (χ0) is 53.0. The van der Waals surface area contributed by atoms with Gasteiger partial charge in [0.1, 0.15) is 11.5 Å². The van der Waals surface area contributed by atoms with E-state index in [2.05, 4.69) is 128 Å². The van der Waals surface area contributed by atoms with Crippen LogP contribution in [0.2, 0.25) is 0 Å². The lowest BCUT2D eigenvalue weighted by molar-refractivity contribution is 0.149. The highest BCUT2D eigenvalue weighted by Crippen LogP contribution is 2.48. The van der Waals surface area contributed by atoms with Gasteiger partial charge in [-0.1, -0.05) is 334 Å². The molecule has 2 nitrogen and oxygen atoms in total. The Balaban J connectivity index is 2.35. The van der Waals surface area contributed by atoms with Gasteiger partial charge < -0.3 is 10.2 Å². The fourth-order valence-electron chi connectivity index (χ4n) is 11.6. The van der Waals surface area contributed by atoms with Gasteiger partial charge in [-0.2, -0.15) is 0 Å². The molecular formula is C69H124O2.